The number of benzene rings is 1. The van der Waals surface area contributed by atoms with Gasteiger partial charge in [0.05, 0.1) is 30.3 Å². The van der Waals surface area contributed by atoms with Crippen LogP contribution < -0.4 is 0 Å². The van der Waals surface area contributed by atoms with E-state index in [2.05, 4.69) is 0 Å². The number of hydrogen-bond acceptors (Lipinski definition) is 5. The van der Waals surface area contributed by atoms with Crippen molar-refractivity contribution < 1.29 is 24.0 Å². The van der Waals surface area contributed by atoms with E-state index < -0.39 is 28.4 Å². The van der Waals surface area contributed by atoms with Gasteiger partial charge in [0.25, 0.3) is 11.6 Å². The highest BCUT2D eigenvalue weighted by Crippen LogP contribution is 2.22. The Labute approximate surface area is 113 Å². The lowest BCUT2D eigenvalue weighted by Gasteiger charge is -2.31. The Bertz CT molecular complexity index is 537. The van der Waals surface area contributed by atoms with Crippen LogP contribution in [-0.4, -0.2) is 53.2 Å². The molecule has 8 heteroatoms. The Balaban J connectivity index is 2.27. The molecule has 1 aliphatic rings. The molecule has 1 fully saturated rings. The van der Waals surface area contributed by atoms with E-state index in [0.29, 0.717) is 0 Å². The molecule has 1 N–H and O–H groups in total. The second-order valence-electron chi connectivity index (χ2n) is 4.35. The Morgan fingerprint density at radius 1 is 1.60 bits per heavy atom. The monoisotopic (exact) mass is 284 g/mol. The maximum atomic E-state index is 13.0. The third kappa shape index (κ3) is 2.91. The maximum absolute atomic E-state index is 13.0. The molecule has 1 atom stereocenters. The third-order valence-corrected chi connectivity index (χ3v) is 3.02. The van der Waals surface area contributed by atoms with E-state index in [9.17, 15) is 19.3 Å². The minimum atomic E-state index is -0.791. The summed E-state index contributed by atoms with van der Waals surface area (Å²) >= 11 is 0. The van der Waals surface area contributed by atoms with Crippen LogP contribution in [0.1, 0.15) is 10.4 Å². The maximum Gasteiger partial charge on any atom is 0.285 e. The lowest BCUT2D eigenvalue weighted by Crippen LogP contribution is -2.47. The summed E-state index contributed by atoms with van der Waals surface area (Å²) in [5.74, 6) is -1.35. The SMILES string of the molecule is O=C(c1ccc(F)cc1[N+](=O)[O-])N1CCOC(CO)C1. The molecule has 20 heavy (non-hydrogen) atoms. The number of ether oxygens (including phenoxy) is 1. The largest absolute Gasteiger partial charge is 0.394 e. The van der Waals surface area contributed by atoms with Gasteiger partial charge in [-0.1, -0.05) is 0 Å². The van der Waals surface area contributed by atoms with Gasteiger partial charge in [0, 0.05) is 13.1 Å². The van der Waals surface area contributed by atoms with Crippen LogP contribution in [0.4, 0.5) is 10.1 Å². The van der Waals surface area contributed by atoms with Gasteiger partial charge in [0.1, 0.15) is 11.4 Å². The predicted molar refractivity (Wildman–Crippen MR) is 65.8 cm³/mol. The van der Waals surface area contributed by atoms with Crippen LogP contribution >= 0.6 is 0 Å². The normalized spacial score (nSPS) is 18.9. The highest BCUT2D eigenvalue weighted by atomic mass is 19.1. The Hall–Kier alpha value is -2.06. The van der Waals surface area contributed by atoms with Crippen molar-refractivity contribution in [2.75, 3.05) is 26.3 Å². The number of aliphatic hydroxyl groups is 1. The average Bonchev–Trinajstić information content (AvgIpc) is 2.46. The van der Waals surface area contributed by atoms with Gasteiger partial charge in [-0.15, -0.1) is 0 Å². The van der Waals surface area contributed by atoms with Gasteiger partial charge < -0.3 is 14.7 Å². The van der Waals surface area contributed by atoms with Crippen LogP contribution in [0.3, 0.4) is 0 Å². The number of nitrogens with zero attached hydrogens (tertiary/aromatic N) is 2. The fourth-order valence-electron chi connectivity index (χ4n) is 2.02. The second kappa shape index (κ2) is 5.93. The Kier molecular flexibility index (Phi) is 4.26. The molecular weight excluding hydrogens is 271 g/mol. The van der Waals surface area contributed by atoms with Crippen LogP contribution in [0, 0.1) is 15.9 Å². The average molecular weight is 284 g/mol. The molecule has 2 rings (SSSR count). The first-order chi connectivity index (χ1) is 9.52. The van der Waals surface area contributed by atoms with Crippen molar-refractivity contribution in [3.63, 3.8) is 0 Å². The molecule has 0 radical (unpaired) electrons. The molecule has 1 saturated heterocycles. The van der Waals surface area contributed by atoms with E-state index in [-0.39, 0.29) is 31.9 Å². The quantitative estimate of drug-likeness (QED) is 0.647. The van der Waals surface area contributed by atoms with E-state index >= 15 is 0 Å². The van der Waals surface area contributed by atoms with Crippen molar-refractivity contribution in [1.82, 2.24) is 4.90 Å². The number of amides is 1. The topological polar surface area (TPSA) is 92.9 Å². The molecule has 0 saturated carbocycles. The van der Waals surface area contributed by atoms with Gasteiger partial charge in [-0.2, -0.15) is 0 Å². The minimum Gasteiger partial charge on any atom is -0.394 e. The molecule has 1 aliphatic heterocycles. The number of nitro groups is 1. The first kappa shape index (κ1) is 14.4. The molecule has 1 aromatic carbocycles. The van der Waals surface area contributed by atoms with Crippen molar-refractivity contribution in [3.8, 4) is 0 Å². The summed E-state index contributed by atoms with van der Waals surface area (Å²) in [6.07, 6.45) is -0.507. The van der Waals surface area contributed by atoms with E-state index in [4.69, 9.17) is 9.84 Å². The molecule has 1 heterocycles. The van der Waals surface area contributed by atoms with E-state index in [0.717, 1.165) is 18.2 Å². The van der Waals surface area contributed by atoms with Crippen LogP contribution in [0.15, 0.2) is 18.2 Å². The molecule has 0 bridgehead atoms. The van der Waals surface area contributed by atoms with E-state index in [1.165, 1.54) is 4.90 Å². The number of hydrogen-bond donors (Lipinski definition) is 1. The van der Waals surface area contributed by atoms with E-state index in [1.807, 2.05) is 0 Å². The number of halogens is 1. The number of morpholine rings is 1. The van der Waals surface area contributed by atoms with Crippen molar-refractivity contribution in [3.05, 3.63) is 39.7 Å². The zero-order valence-corrected chi connectivity index (χ0v) is 10.5. The number of rotatable bonds is 3. The summed E-state index contributed by atoms with van der Waals surface area (Å²) in [5, 5.41) is 19.9. The van der Waals surface area contributed by atoms with Crippen molar-refractivity contribution in [1.29, 1.82) is 0 Å². The lowest BCUT2D eigenvalue weighted by atomic mass is 10.1. The van der Waals surface area contributed by atoms with Crippen LogP contribution in [-0.2, 0) is 4.74 Å². The highest BCUT2D eigenvalue weighted by molar-refractivity contribution is 5.98. The number of carbonyl (C=O) groups excluding carboxylic acids is 1. The summed E-state index contributed by atoms with van der Waals surface area (Å²) in [6.45, 7) is 0.412. The molecule has 1 amide bonds. The van der Waals surface area contributed by atoms with Gasteiger partial charge in [0.15, 0.2) is 0 Å². The first-order valence-corrected chi connectivity index (χ1v) is 5.98. The molecule has 108 valence electrons. The molecule has 0 aliphatic carbocycles. The lowest BCUT2D eigenvalue weighted by molar-refractivity contribution is -0.385. The van der Waals surface area contributed by atoms with Gasteiger partial charge in [0.2, 0.25) is 0 Å². The van der Waals surface area contributed by atoms with Gasteiger partial charge >= 0.3 is 0 Å². The molecule has 7 nitrogen and oxygen atoms in total. The minimum absolute atomic E-state index is 0.143. The summed E-state index contributed by atoms with van der Waals surface area (Å²) in [5.41, 5.74) is -0.739. The summed E-state index contributed by atoms with van der Waals surface area (Å²) in [7, 11) is 0. The Morgan fingerprint density at radius 3 is 3.00 bits per heavy atom. The first-order valence-electron chi connectivity index (χ1n) is 5.98. The fraction of sp³-hybridized carbons (Fsp3) is 0.417. The molecule has 0 spiro atoms. The van der Waals surface area contributed by atoms with Crippen LogP contribution in [0.25, 0.3) is 0 Å². The van der Waals surface area contributed by atoms with Crippen LogP contribution in [0.5, 0.6) is 0 Å². The fourth-order valence-corrected chi connectivity index (χ4v) is 2.02. The summed E-state index contributed by atoms with van der Waals surface area (Å²) < 4.78 is 18.2. The van der Waals surface area contributed by atoms with Gasteiger partial charge in [-0.3, -0.25) is 14.9 Å². The predicted octanol–water partition coefficient (Wildman–Crippen LogP) is 0.567. The number of aliphatic hydroxyl groups excluding tert-OH is 1. The number of nitro benzene ring substituents is 1. The van der Waals surface area contributed by atoms with Crippen molar-refractivity contribution >= 4 is 11.6 Å². The van der Waals surface area contributed by atoms with Gasteiger partial charge in [-0.25, -0.2) is 4.39 Å². The summed E-state index contributed by atoms with van der Waals surface area (Å²) in [6, 6.07) is 2.82. The third-order valence-electron chi connectivity index (χ3n) is 3.02. The molecule has 1 unspecified atom stereocenters. The standard InChI is InChI=1S/C12H13FN2O5/c13-8-1-2-10(11(5-8)15(18)19)12(17)14-3-4-20-9(6-14)7-16/h1-2,5,9,16H,3-4,6-7H2. The molecular formula is C12H13FN2O5. The van der Waals surface area contributed by atoms with Crippen molar-refractivity contribution in [2.24, 2.45) is 0 Å². The van der Waals surface area contributed by atoms with Crippen LogP contribution in [0.2, 0.25) is 0 Å². The highest BCUT2D eigenvalue weighted by Gasteiger charge is 2.29. The second-order valence-corrected chi connectivity index (χ2v) is 4.35. The zero-order valence-electron chi connectivity index (χ0n) is 10.5. The van der Waals surface area contributed by atoms with Crippen molar-refractivity contribution in [2.45, 2.75) is 6.10 Å². The smallest absolute Gasteiger partial charge is 0.285 e. The summed E-state index contributed by atoms with van der Waals surface area (Å²) in [4.78, 5) is 23.7. The molecule has 0 aromatic heterocycles. The number of carbonyl (C=O) groups is 1. The molecule has 1 aromatic rings. The zero-order chi connectivity index (χ0) is 14.7. The van der Waals surface area contributed by atoms with E-state index in [1.54, 1.807) is 0 Å². The Morgan fingerprint density at radius 2 is 2.35 bits per heavy atom. The van der Waals surface area contributed by atoms with Gasteiger partial charge in [-0.05, 0) is 12.1 Å².